The van der Waals surface area contributed by atoms with Crippen molar-refractivity contribution >= 4 is 43.6 Å². The van der Waals surface area contributed by atoms with E-state index >= 15 is 0 Å². The Morgan fingerprint density at radius 1 is 0.974 bits per heavy atom. The zero-order chi connectivity index (χ0) is 27.1. The lowest BCUT2D eigenvalue weighted by atomic mass is 9.81. The van der Waals surface area contributed by atoms with Crippen molar-refractivity contribution in [2.24, 2.45) is 0 Å². The molecule has 3 aromatic carbocycles. The molecule has 1 aliphatic heterocycles. The van der Waals surface area contributed by atoms with Gasteiger partial charge in [-0.1, -0.05) is 68.5 Å². The van der Waals surface area contributed by atoms with Crippen LogP contribution in [0.5, 0.6) is 0 Å². The Morgan fingerprint density at radius 2 is 1.68 bits per heavy atom. The Kier molecular flexibility index (Phi) is 6.88. The first-order chi connectivity index (χ1) is 18.1. The average Bonchev–Trinajstić information content (AvgIpc) is 3.09. The van der Waals surface area contributed by atoms with Gasteiger partial charge in [-0.2, -0.15) is 4.57 Å². The number of anilines is 1. The fourth-order valence-electron chi connectivity index (χ4n) is 5.79. The van der Waals surface area contributed by atoms with E-state index in [1.807, 2.05) is 6.07 Å². The van der Waals surface area contributed by atoms with Gasteiger partial charge in [0.15, 0.2) is 12.2 Å². The second kappa shape index (κ2) is 10.0. The van der Waals surface area contributed by atoms with Gasteiger partial charge < -0.3 is 9.45 Å². The number of aromatic nitrogens is 1. The van der Waals surface area contributed by atoms with Crippen molar-refractivity contribution in [1.82, 2.24) is 0 Å². The van der Waals surface area contributed by atoms with Crippen molar-refractivity contribution in [3.63, 3.8) is 0 Å². The number of hydrogen-bond donors (Lipinski definition) is 0. The van der Waals surface area contributed by atoms with Gasteiger partial charge in [0.1, 0.15) is 0 Å². The fraction of sp³-hybridized carbons (Fsp3) is 0.281. The number of hydrogen-bond acceptors (Lipinski definition) is 4. The topological polar surface area (TPSA) is 64.3 Å². The molecule has 0 unspecified atom stereocenters. The number of rotatable bonds is 7. The highest BCUT2D eigenvalue weighted by Crippen LogP contribution is 2.50. The zero-order valence-corrected chi connectivity index (χ0v) is 23.2. The van der Waals surface area contributed by atoms with Crippen LogP contribution in [0.2, 0.25) is 0 Å². The molecule has 0 N–H and O–H groups in total. The summed E-state index contributed by atoms with van der Waals surface area (Å²) in [5.74, 6) is -0.373. The van der Waals surface area contributed by atoms with Crippen molar-refractivity contribution < 1.29 is 17.5 Å². The Hall–Kier alpha value is -3.48. The van der Waals surface area contributed by atoms with E-state index in [2.05, 4.69) is 122 Å². The molecule has 0 amide bonds. The van der Waals surface area contributed by atoms with Crippen LogP contribution in [0, 0.1) is 0 Å². The highest BCUT2D eigenvalue weighted by molar-refractivity contribution is 7.85. The van der Waals surface area contributed by atoms with Crippen molar-refractivity contribution in [2.45, 2.75) is 45.6 Å². The SMILES string of the molecule is CC(C)[n+]1ccc(C=CC=C2N(CCCS(=O)(=O)[O-])c3ccc4ccccc4c3C2(C)C)c2ccccc21. The van der Waals surface area contributed by atoms with E-state index < -0.39 is 10.1 Å². The fourth-order valence-corrected chi connectivity index (χ4v) is 6.27. The van der Waals surface area contributed by atoms with E-state index in [0.717, 1.165) is 16.9 Å². The molecule has 5 rings (SSSR count). The minimum Gasteiger partial charge on any atom is -0.748 e. The van der Waals surface area contributed by atoms with Gasteiger partial charge >= 0.3 is 0 Å². The third kappa shape index (κ3) is 4.86. The molecule has 6 heteroatoms. The Labute approximate surface area is 225 Å². The van der Waals surface area contributed by atoms with Crippen molar-refractivity contribution in [2.75, 3.05) is 17.2 Å². The molecule has 2 heterocycles. The van der Waals surface area contributed by atoms with E-state index in [9.17, 15) is 13.0 Å². The first-order valence-corrected chi connectivity index (χ1v) is 14.7. The van der Waals surface area contributed by atoms with E-state index in [-0.39, 0.29) is 17.6 Å². The number of pyridine rings is 1. The summed E-state index contributed by atoms with van der Waals surface area (Å²) in [6.45, 7) is 9.25. The number of nitrogens with zero attached hydrogens (tertiary/aromatic N) is 2. The predicted molar refractivity (Wildman–Crippen MR) is 155 cm³/mol. The lowest BCUT2D eigenvalue weighted by molar-refractivity contribution is -0.691. The third-order valence-electron chi connectivity index (χ3n) is 7.52. The number of allylic oxidation sites excluding steroid dienone is 3. The molecule has 0 spiro atoms. The van der Waals surface area contributed by atoms with E-state index in [4.69, 9.17) is 0 Å². The van der Waals surface area contributed by atoms with Crippen LogP contribution >= 0.6 is 0 Å². The van der Waals surface area contributed by atoms with Crippen molar-refractivity contribution in [3.05, 3.63) is 102 Å². The van der Waals surface area contributed by atoms with E-state index in [0.29, 0.717) is 12.6 Å². The van der Waals surface area contributed by atoms with E-state index in [1.165, 1.54) is 27.2 Å². The molecule has 38 heavy (non-hydrogen) atoms. The summed E-state index contributed by atoms with van der Waals surface area (Å²) in [6, 6.07) is 23.5. The van der Waals surface area contributed by atoms with Crippen LogP contribution in [0.4, 0.5) is 5.69 Å². The molecule has 5 nitrogen and oxygen atoms in total. The standard InChI is InChI=1S/C32H34N2O3S/c1-23(2)33-21-19-25(26-13-7-8-15-28(26)33)12-9-16-30-32(3,4)31-27-14-6-5-11-24(27)17-18-29(31)34(30)20-10-22-38(35,36)37/h5-9,11-19,21,23H,10,20,22H2,1-4H3. The van der Waals surface area contributed by atoms with Gasteiger partial charge in [-0.05, 0) is 60.4 Å². The lowest BCUT2D eigenvalue weighted by Gasteiger charge is -2.27. The van der Waals surface area contributed by atoms with Gasteiger partial charge in [0.05, 0.1) is 15.5 Å². The monoisotopic (exact) mass is 526 g/mol. The summed E-state index contributed by atoms with van der Waals surface area (Å²) in [5, 5.41) is 3.55. The molecule has 4 aromatic rings. The van der Waals surface area contributed by atoms with Crippen LogP contribution < -0.4 is 9.47 Å². The van der Waals surface area contributed by atoms with Crippen LogP contribution in [-0.4, -0.2) is 25.3 Å². The maximum absolute atomic E-state index is 11.3. The Morgan fingerprint density at radius 3 is 2.42 bits per heavy atom. The predicted octanol–water partition coefficient (Wildman–Crippen LogP) is 6.49. The number of benzene rings is 3. The minimum atomic E-state index is -4.27. The second-order valence-corrected chi connectivity index (χ2v) is 12.3. The molecule has 0 radical (unpaired) electrons. The van der Waals surface area contributed by atoms with Gasteiger partial charge in [-0.25, -0.2) is 8.42 Å². The van der Waals surface area contributed by atoms with Gasteiger partial charge in [0.25, 0.3) is 0 Å². The second-order valence-electron chi connectivity index (χ2n) is 10.8. The Balaban J connectivity index is 1.58. The van der Waals surface area contributed by atoms with Gasteiger partial charge in [0.2, 0.25) is 5.52 Å². The molecular formula is C32H34N2O3S. The van der Waals surface area contributed by atoms with E-state index in [1.54, 1.807) is 0 Å². The molecule has 0 fully saturated rings. The molecule has 0 aliphatic carbocycles. The zero-order valence-electron chi connectivity index (χ0n) is 22.4. The highest BCUT2D eigenvalue weighted by Gasteiger charge is 2.40. The summed E-state index contributed by atoms with van der Waals surface area (Å²) < 4.78 is 36.3. The maximum Gasteiger partial charge on any atom is 0.213 e. The summed E-state index contributed by atoms with van der Waals surface area (Å²) >= 11 is 0. The highest BCUT2D eigenvalue weighted by atomic mass is 32.2. The van der Waals surface area contributed by atoms with Crippen LogP contribution in [0.25, 0.3) is 27.8 Å². The summed E-state index contributed by atoms with van der Waals surface area (Å²) in [5.41, 5.74) is 5.40. The van der Waals surface area contributed by atoms with Gasteiger partial charge in [-0.3, -0.25) is 0 Å². The quantitative estimate of drug-likeness (QED) is 0.204. The first kappa shape index (κ1) is 26.1. The summed E-state index contributed by atoms with van der Waals surface area (Å²) in [6.07, 6.45) is 8.77. The normalized spacial score (nSPS) is 16.4. The lowest BCUT2D eigenvalue weighted by Crippen LogP contribution is -2.36. The average molecular weight is 527 g/mol. The first-order valence-electron chi connectivity index (χ1n) is 13.1. The molecule has 0 saturated heterocycles. The van der Waals surface area contributed by atoms with Gasteiger partial charge in [-0.15, -0.1) is 0 Å². The van der Waals surface area contributed by atoms with Crippen LogP contribution in [0.3, 0.4) is 0 Å². The van der Waals surface area contributed by atoms with Crippen molar-refractivity contribution in [3.8, 4) is 0 Å². The van der Waals surface area contributed by atoms with Crippen LogP contribution in [0.1, 0.15) is 51.3 Å². The Bertz CT molecular complexity index is 1680. The molecule has 0 saturated carbocycles. The van der Waals surface area contributed by atoms with Crippen LogP contribution in [-0.2, 0) is 15.5 Å². The third-order valence-corrected chi connectivity index (χ3v) is 8.31. The molecular weight excluding hydrogens is 492 g/mol. The van der Waals surface area contributed by atoms with Gasteiger partial charge in [0, 0.05) is 41.2 Å². The molecule has 1 aromatic heterocycles. The molecule has 196 valence electrons. The summed E-state index contributed by atoms with van der Waals surface area (Å²) in [7, 11) is -4.27. The molecule has 1 aliphatic rings. The molecule has 0 atom stereocenters. The largest absolute Gasteiger partial charge is 0.748 e. The van der Waals surface area contributed by atoms with Crippen molar-refractivity contribution in [1.29, 1.82) is 0 Å². The smallest absolute Gasteiger partial charge is 0.213 e. The molecule has 0 bridgehead atoms. The van der Waals surface area contributed by atoms with Crippen LogP contribution in [0.15, 0.2) is 90.8 Å². The number of fused-ring (bicyclic) bond motifs is 4. The summed E-state index contributed by atoms with van der Waals surface area (Å²) in [4.78, 5) is 2.19. The number of para-hydroxylation sites is 1. The maximum atomic E-state index is 11.3. The minimum absolute atomic E-state index is 0.272.